The first-order chi connectivity index (χ1) is 10.9. The van der Waals surface area contributed by atoms with Gasteiger partial charge in [0, 0.05) is 48.4 Å². The maximum atomic E-state index is 12.6. The number of nitrogens with zero attached hydrogens (tertiary/aromatic N) is 2. The fourth-order valence-electron chi connectivity index (χ4n) is 2.99. The molecule has 5 nitrogen and oxygen atoms in total. The van der Waals surface area contributed by atoms with Crippen molar-refractivity contribution in [1.29, 1.82) is 0 Å². The van der Waals surface area contributed by atoms with E-state index in [0.717, 1.165) is 30.9 Å². The SMILES string of the molecule is CC(C)[C@H]1CN(C(=O)Nc2ccccc2CS(C)=O)CCN1C. The van der Waals surface area contributed by atoms with Crippen LogP contribution in [0, 0.1) is 5.92 Å². The number of benzene rings is 1. The molecule has 0 radical (unpaired) electrons. The van der Waals surface area contributed by atoms with E-state index in [4.69, 9.17) is 0 Å². The number of hydrogen-bond donors (Lipinski definition) is 1. The van der Waals surface area contributed by atoms with E-state index in [9.17, 15) is 9.00 Å². The number of nitrogens with one attached hydrogen (secondary N) is 1. The molecule has 128 valence electrons. The quantitative estimate of drug-likeness (QED) is 0.918. The van der Waals surface area contributed by atoms with Crippen LogP contribution in [0.3, 0.4) is 0 Å². The summed E-state index contributed by atoms with van der Waals surface area (Å²) in [5.74, 6) is 0.957. The summed E-state index contributed by atoms with van der Waals surface area (Å²) in [6.45, 7) is 6.73. The smallest absolute Gasteiger partial charge is 0.321 e. The van der Waals surface area contributed by atoms with Crippen molar-refractivity contribution in [2.24, 2.45) is 5.92 Å². The number of para-hydroxylation sites is 1. The third kappa shape index (κ3) is 4.78. The summed E-state index contributed by atoms with van der Waals surface area (Å²) in [4.78, 5) is 16.8. The Hall–Kier alpha value is -1.40. The van der Waals surface area contributed by atoms with E-state index in [-0.39, 0.29) is 6.03 Å². The van der Waals surface area contributed by atoms with E-state index in [0.29, 0.717) is 17.7 Å². The number of anilines is 1. The molecule has 0 bridgehead atoms. The summed E-state index contributed by atoms with van der Waals surface area (Å²) in [5.41, 5.74) is 1.67. The summed E-state index contributed by atoms with van der Waals surface area (Å²) in [6.07, 6.45) is 1.67. The van der Waals surface area contributed by atoms with Crippen LogP contribution in [0.2, 0.25) is 0 Å². The van der Waals surface area contributed by atoms with Crippen LogP contribution in [-0.4, -0.2) is 59.0 Å². The molecule has 1 unspecified atom stereocenters. The second-order valence-electron chi connectivity index (χ2n) is 6.54. The molecule has 1 aromatic carbocycles. The minimum absolute atomic E-state index is 0.0712. The van der Waals surface area contributed by atoms with Crippen molar-refractivity contribution in [2.75, 3.05) is 38.3 Å². The third-order valence-electron chi connectivity index (χ3n) is 4.37. The van der Waals surface area contributed by atoms with E-state index < -0.39 is 10.8 Å². The van der Waals surface area contributed by atoms with Gasteiger partial charge >= 0.3 is 6.03 Å². The Kier molecular flexibility index (Phi) is 6.18. The summed E-state index contributed by atoms with van der Waals surface area (Å²) < 4.78 is 11.5. The van der Waals surface area contributed by atoms with E-state index in [1.165, 1.54) is 0 Å². The lowest BCUT2D eigenvalue weighted by molar-refractivity contribution is 0.0903. The number of carbonyl (C=O) groups is 1. The Balaban J connectivity index is 2.06. The third-order valence-corrected chi connectivity index (χ3v) is 5.09. The van der Waals surface area contributed by atoms with Crippen LogP contribution in [0.4, 0.5) is 10.5 Å². The fourth-order valence-corrected chi connectivity index (χ4v) is 3.68. The van der Waals surface area contributed by atoms with Crippen molar-refractivity contribution >= 4 is 22.5 Å². The molecule has 6 heteroatoms. The highest BCUT2D eigenvalue weighted by Crippen LogP contribution is 2.19. The van der Waals surface area contributed by atoms with Crippen LogP contribution in [0.15, 0.2) is 24.3 Å². The molecule has 1 saturated heterocycles. The average Bonchev–Trinajstić information content (AvgIpc) is 2.48. The zero-order chi connectivity index (χ0) is 17.0. The zero-order valence-corrected chi connectivity index (χ0v) is 15.2. The van der Waals surface area contributed by atoms with Crippen molar-refractivity contribution in [3.05, 3.63) is 29.8 Å². The Morgan fingerprint density at radius 2 is 2.04 bits per heavy atom. The van der Waals surface area contributed by atoms with Gasteiger partial charge in [0.1, 0.15) is 0 Å². The van der Waals surface area contributed by atoms with Crippen LogP contribution in [0.25, 0.3) is 0 Å². The van der Waals surface area contributed by atoms with Crippen molar-refractivity contribution in [2.45, 2.75) is 25.6 Å². The molecule has 0 aliphatic carbocycles. The summed E-state index contributed by atoms with van der Waals surface area (Å²) in [6, 6.07) is 7.89. The highest BCUT2D eigenvalue weighted by Gasteiger charge is 2.29. The highest BCUT2D eigenvalue weighted by atomic mass is 32.2. The zero-order valence-electron chi connectivity index (χ0n) is 14.4. The lowest BCUT2D eigenvalue weighted by Crippen LogP contribution is -2.56. The molecule has 2 rings (SSSR count). The molecule has 1 heterocycles. The van der Waals surface area contributed by atoms with E-state index in [1.54, 1.807) is 6.26 Å². The van der Waals surface area contributed by atoms with Gasteiger partial charge in [-0.3, -0.25) is 9.11 Å². The molecule has 1 fully saturated rings. The molecule has 1 aliphatic rings. The Morgan fingerprint density at radius 1 is 1.35 bits per heavy atom. The summed E-state index contributed by atoms with van der Waals surface area (Å²) >= 11 is 0. The van der Waals surface area contributed by atoms with Crippen molar-refractivity contribution < 1.29 is 9.00 Å². The second-order valence-corrected chi connectivity index (χ2v) is 7.98. The van der Waals surface area contributed by atoms with Gasteiger partial charge in [-0.25, -0.2) is 4.79 Å². The maximum absolute atomic E-state index is 12.6. The predicted octanol–water partition coefficient (Wildman–Crippen LogP) is 2.37. The first-order valence-electron chi connectivity index (χ1n) is 8.02. The predicted molar refractivity (Wildman–Crippen MR) is 96.1 cm³/mol. The van der Waals surface area contributed by atoms with Crippen molar-refractivity contribution in [3.8, 4) is 0 Å². The number of likely N-dealkylation sites (N-methyl/N-ethyl adjacent to an activating group) is 1. The van der Waals surface area contributed by atoms with Gasteiger partial charge in [0.15, 0.2) is 0 Å². The summed E-state index contributed by atoms with van der Waals surface area (Å²) in [7, 11) is 1.18. The highest BCUT2D eigenvalue weighted by molar-refractivity contribution is 7.83. The van der Waals surface area contributed by atoms with Gasteiger partial charge in [-0.15, -0.1) is 0 Å². The van der Waals surface area contributed by atoms with Crippen LogP contribution >= 0.6 is 0 Å². The van der Waals surface area contributed by atoms with Crippen LogP contribution in [0.5, 0.6) is 0 Å². The average molecular weight is 337 g/mol. The molecule has 0 aromatic heterocycles. The summed E-state index contributed by atoms with van der Waals surface area (Å²) in [5, 5.41) is 2.99. The van der Waals surface area contributed by atoms with Crippen LogP contribution in [-0.2, 0) is 16.6 Å². The van der Waals surface area contributed by atoms with Crippen molar-refractivity contribution in [1.82, 2.24) is 9.80 Å². The second kappa shape index (κ2) is 7.93. The lowest BCUT2D eigenvalue weighted by atomic mass is 10.0. The van der Waals surface area contributed by atoms with Gasteiger partial charge in [-0.1, -0.05) is 32.0 Å². The maximum Gasteiger partial charge on any atom is 0.321 e. The van der Waals surface area contributed by atoms with Gasteiger partial charge in [-0.05, 0) is 24.6 Å². The number of amides is 2. The van der Waals surface area contributed by atoms with Gasteiger partial charge in [0.2, 0.25) is 0 Å². The van der Waals surface area contributed by atoms with Gasteiger partial charge < -0.3 is 10.2 Å². The molecule has 1 aliphatic heterocycles. The molecule has 23 heavy (non-hydrogen) atoms. The number of urea groups is 1. The Bertz CT molecular complexity index is 577. The van der Waals surface area contributed by atoms with E-state index >= 15 is 0 Å². The van der Waals surface area contributed by atoms with Gasteiger partial charge in [-0.2, -0.15) is 0 Å². The van der Waals surface area contributed by atoms with E-state index in [2.05, 4.69) is 31.1 Å². The minimum Gasteiger partial charge on any atom is -0.322 e. The van der Waals surface area contributed by atoms with Gasteiger partial charge in [0.05, 0.1) is 5.75 Å². The molecular formula is C17H27N3O2S. The number of rotatable bonds is 4. The molecule has 1 N–H and O–H groups in total. The number of hydrogen-bond acceptors (Lipinski definition) is 3. The first kappa shape index (κ1) is 17.9. The normalized spacial score (nSPS) is 20.6. The molecule has 2 atom stereocenters. The standard InChI is InChI=1S/C17H27N3O2S/c1-13(2)16-11-20(10-9-19(16)3)17(21)18-15-8-6-5-7-14(15)12-23(4)22/h5-8,13,16H,9-12H2,1-4H3,(H,18,21)/t16-,23?/m1/s1. The Labute approximate surface area is 141 Å². The number of piperazine rings is 1. The molecule has 0 spiro atoms. The van der Waals surface area contributed by atoms with Crippen LogP contribution in [0.1, 0.15) is 19.4 Å². The topological polar surface area (TPSA) is 52.7 Å². The van der Waals surface area contributed by atoms with Gasteiger partial charge in [0.25, 0.3) is 0 Å². The molecule has 0 saturated carbocycles. The Morgan fingerprint density at radius 3 is 2.70 bits per heavy atom. The number of carbonyl (C=O) groups excluding carboxylic acids is 1. The molecular weight excluding hydrogens is 310 g/mol. The van der Waals surface area contributed by atoms with Crippen LogP contribution < -0.4 is 5.32 Å². The molecule has 1 aromatic rings. The largest absolute Gasteiger partial charge is 0.322 e. The lowest BCUT2D eigenvalue weighted by Gasteiger charge is -2.41. The minimum atomic E-state index is -0.935. The first-order valence-corrected chi connectivity index (χ1v) is 9.75. The monoisotopic (exact) mass is 337 g/mol. The fraction of sp³-hybridized carbons (Fsp3) is 0.588. The van der Waals surface area contributed by atoms with E-state index in [1.807, 2.05) is 29.2 Å². The molecule has 2 amide bonds. The van der Waals surface area contributed by atoms with Crippen molar-refractivity contribution in [3.63, 3.8) is 0 Å².